The highest BCUT2D eigenvalue weighted by Crippen LogP contribution is 2.22. The van der Waals surface area contributed by atoms with Crippen LogP contribution >= 0.6 is 11.3 Å². The Morgan fingerprint density at radius 1 is 1.31 bits per heavy atom. The van der Waals surface area contributed by atoms with Gasteiger partial charge in [-0.05, 0) is 19.8 Å². The van der Waals surface area contributed by atoms with Crippen molar-refractivity contribution in [2.24, 2.45) is 0 Å². The summed E-state index contributed by atoms with van der Waals surface area (Å²) in [7, 11) is 0. The van der Waals surface area contributed by atoms with Gasteiger partial charge >= 0.3 is 0 Å². The number of likely N-dealkylation sites (tertiary alicyclic amines) is 1. The molecule has 0 atom stereocenters. The molecule has 16 heavy (non-hydrogen) atoms. The molecule has 1 aliphatic rings. The zero-order valence-electron chi connectivity index (χ0n) is 9.53. The van der Waals surface area contributed by atoms with E-state index < -0.39 is 0 Å². The molecule has 0 spiro atoms. The smallest absolute Gasteiger partial charge is 0.265 e. The van der Waals surface area contributed by atoms with E-state index in [4.69, 9.17) is 5.73 Å². The van der Waals surface area contributed by atoms with Crippen molar-refractivity contribution in [3.05, 3.63) is 10.6 Å². The first-order valence-corrected chi connectivity index (χ1v) is 6.52. The van der Waals surface area contributed by atoms with E-state index in [1.807, 2.05) is 11.8 Å². The van der Waals surface area contributed by atoms with E-state index in [0.29, 0.717) is 10.0 Å². The van der Waals surface area contributed by atoms with Gasteiger partial charge in [0.25, 0.3) is 5.91 Å². The molecule has 0 aromatic carbocycles. The van der Waals surface area contributed by atoms with Crippen LogP contribution in [-0.4, -0.2) is 28.9 Å². The molecule has 2 rings (SSSR count). The van der Waals surface area contributed by atoms with Crippen LogP contribution in [0.25, 0.3) is 0 Å². The van der Waals surface area contributed by atoms with E-state index in [0.717, 1.165) is 31.6 Å². The van der Waals surface area contributed by atoms with Crippen molar-refractivity contribution >= 4 is 22.4 Å². The topological polar surface area (TPSA) is 59.2 Å². The molecule has 2 heterocycles. The summed E-state index contributed by atoms with van der Waals surface area (Å²) < 4.78 is 0. The summed E-state index contributed by atoms with van der Waals surface area (Å²) in [5.74, 6) is 0.105. The number of carbonyl (C=O) groups is 1. The van der Waals surface area contributed by atoms with Crippen molar-refractivity contribution in [1.82, 2.24) is 9.88 Å². The summed E-state index contributed by atoms with van der Waals surface area (Å²) in [4.78, 5) is 19.0. The minimum Gasteiger partial charge on any atom is -0.375 e. The third-order valence-electron chi connectivity index (χ3n) is 2.90. The molecule has 1 aromatic heterocycles. The molecule has 5 heteroatoms. The number of rotatable bonds is 1. The molecule has 1 aliphatic heterocycles. The molecule has 2 N–H and O–H groups in total. The first kappa shape index (κ1) is 11.4. The molecular formula is C11H17N3OS. The van der Waals surface area contributed by atoms with Crippen molar-refractivity contribution in [1.29, 1.82) is 0 Å². The summed E-state index contributed by atoms with van der Waals surface area (Å²) in [5.41, 5.74) is 6.38. The average molecular weight is 239 g/mol. The van der Waals surface area contributed by atoms with E-state index in [1.54, 1.807) is 0 Å². The Kier molecular flexibility index (Phi) is 3.43. The van der Waals surface area contributed by atoms with E-state index in [1.165, 1.54) is 24.2 Å². The Morgan fingerprint density at radius 2 is 1.94 bits per heavy atom. The Balaban J connectivity index is 2.14. The van der Waals surface area contributed by atoms with Gasteiger partial charge in [-0.1, -0.05) is 24.2 Å². The minimum atomic E-state index is 0.105. The van der Waals surface area contributed by atoms with E-state index in [2.05, 4.69) is 4.98 Å². The lowest BCUT2D eigenvalue weighted by atomic mass is 10.2. The number of amides is 1. The number of hydrogen-bond donors (Lipinski definition) is 1. The summed E-state index contributed by atoms with van der Waals surface area (Å²) in [6.07, 6.45) is 4.68. The van der Waals surface area contributed by atoms with Crippen LogP contribution in [0.15, 0.2) is 0 Å². The van der Waals surface area contributed by atoms with Gasteiger partial charge in [0.05, 0.1) is 5.69 Å². The van der Waals surface area contributed by atoms with Gasteiger partial charge in [-0.3, -0.25) is 4.79 Å². The van der Waals surface area contributed by atoms with Gasteiger partial charge in [0.2, 0.25) is 0 Å². The molecule has 0 bridgehead atoms. The van der Waals surface area contributed by atoms with Crippen LogP contribution in [-0.2, 0) is 0 Å². The number of thiazole rings is 1. The Labute approximate surface area is 99.5 Å². The first-order valence-electron chi connectivity index (χ1n) is 5.70. The molecule has 0 saturated carbocycles. The molecule has 0 aliphatic carbocycles. The lowest BCUT2D eigenvalue weighted by Crippen LogP contribution is -2.31. The van der Waals surface area contributed by atoms with Crippen LogP contribution in [0.4, 0.5) is 5.13 Å². The van der Waals surface area contributed by atoms with Gasteiger partial charge in [0.15, 0.2) is 5.13 Å². The molecule has 1 fully saturated rings. The maximum absolute atomic E-state index is 12.2. The zero-order chi connectivity index (χ0) is 11.5. The second kappa shape index (κ2) is 4.82. The standard InChI is InChI=1S/C11H17N3OS/c1-8-9(16-11(12)13-8)10(15)14-6-4-2-3-5-7-14/h2-7H2,1H3,(H2,12,13). The van der Waals surface area contributed by atoms with Crippen LogP contribution in [0.2, 0.25) is 0 Å². The minimum absolute atomic E-state index is 0.105. The molecule has 1 saturated heterocycles. The Bertz CT molecular complexity index is 381. The van der Waals surface area contributed by atoms with Crippen molar-refractivity contribution in [3.63, 3.8) is 0 Å². The van der Waals surface area contributed by atoms with Gasteiger partial charge < -0.3 is 10.6 Å². The number of nitrogens with zero attached hydrogens (tertiary/aromatic N) is 2. The second-order valence-corrected chi connectivity index (χ2v) is 5.20. The fourth-order valence-corrected chi connectivity index (χ4v) is 2.83. The van der Waals surface area contributed by atoms with Crippen LogP contribution in [0.5, 0.6) is 0 Å². The normalized spacial score (nSPS) is 17.2. The summed E-state index contributed by atoms with van der Waals surface area (Å²) >= 11 is 1.30. The number of nitrogen functional groups attached to an aromatic ring is 1. The highest BCUT2D eigenvalue weighted by atomic mass is 32.1. The summed E-state index contributed by atoms with van der Waals surface area (Å²) in [5, 5.41) is 0.482. The number of hydrogen-bond acceptors (Lipinski definition) is 4. The third kappa shape index (κ3) is 2.35. The fourth-order valence-electron chi connectivity index (χ4n) is 2.03. The quantitative estimate of drug-likeness (QED) is 0.816. The number of anilines is 1. The van der Waals surface area contributed by atoms with Crippen LogP contribution in [0.3, 0.4) is 0 Å². The van der Waals surface area contributed by atoms with Crippen molar-refractivity contribution in [2.45, 2.75) is 32.6 Å². The van der Waals surface area contributed by atoms with Gasteiger partial charge in [-0.25, -0.2) is 4.98 Å². The van der Waals surface area contributed by atoms with Gasteiger partial charge in [-0.2, -0.15) is 0 Å². The summed E-state index contributed by atoms with van der Waals surface area (Å²) in [6.45, 7) is 3.59. The number of aryl methyl sites for hydroxylation is 1. The molecule has 88 valence electrons. The number of nitrogens with two attached hydrogens (primary N) is 1. The predicted octanol–water partition coefficient (Wildman–Crippen LogP) is 2.05. The monoisotopic (exact) mass is 239 g/mol. The molecule has 0 unspecified atom stereocenters. The van der Waals surface area contributed by atoms with Crippen molar-refractivity contribution < 1.29 is 4.79 Å². The Morgan fingerprint density at radius 3 is 2.44 bits per heavy atom. The van der Waals surface area contributed by atoms with Crippen LogP contribution < -0.4 is 5.73 Å². The predicted molar refractivity (Wildman–Crippen MR) is 65.6 cm³/mol. The average Bonchev–Trinajstić information content (AvgIpc) is 2.49. The Hall–Kier alpha value is -1.10. The van der Waals surface area contributed by atoms with E-state index in [-0.39, 0.29) is 5.91 Å². The highest BCUT2D eigenvalue weighted by Gasteiger charge is 2.21. The van der Waals surface area contributed by atoms with E-state index in [9.17, 15) is 4.79 Å². The van der Waals surface area contributed by atoms with Crippen LogP contribution in [0, 0.1) is 6.92 Å². The molecule has 4 nitrogen and oxygen atoms in total. The van der Waals surface area contributed by atoms with Crippen molar-refractivity contribution in [2.75, 3.05) is 18.8 Å². The fraction of sp³-hybridized carbons (Fsp3) is 0.636. The van der Waals surface area contributed by atoms with Gasteiger partial charge in [0.1, 0.15) is 4.88 Å². The van der Waals surface area contributed by atoms with Crippen LogP contribution in [0.1, 0.15) is 41.0 Å². The third-order valence-corrected chi connectivity index (χ3v) is 3.88. The number of aromatic nitrogens is 1. The van der Waals surface area contributed by atoms with Crippen molar-refractivity contribution in [3.8, 4) is 0 Å². The first-order chi connectivity index (χ1) is 7.68. The highest BCUT2D eigenvalue weighted by molar-refractivity contribution is 7.17. The molecule has 0 radical (unpaired) electrons. The lowest BCUT2D eigenvalue weighted by molar-refractivity contribution is 0.0765. The molecule has 1 amide bonds. The van der Waals surface area contributed by atoms with Gasteiger partial charge in [-0.15, -0.1) is 0 Å². The summed E-state index contributed by atoms with van der Waals surface area (Å²) in [6, 6.07) is 0. The lowest BCUT2D eigenvalue weighted by Gasteiger charge is -2.19. The molecule has 1 aromatic rings. The second-order valence-electron chi connectivity index (χ2n) is 4.17. The largest absolute Gasteiger partial charge is 0.375 e. The van der Waals surface area contributed by atoms with Gasteiger partial charge in [0, 0.05) is 13.1 Å². The maximum Gasteiger partial charge on any atom is 0.265 e. The van der Waals surface area contributed by atoms with E-state index >= 15 is 0 Å². The molecular weight excluding hydrogens is 222 g/mol. The zero-order valence-corrected chi connectivity index (χ0v) is 10.3. The maximum atomic E-state index is 12.2. The number of carbonyl (C=O) groups excluding carboxylic acids is 1. The SMILES string of the molecule is Cc1nc(N)sc1C(=O)N1CCCCCC1.